The van der Waals surface area contributed by atoms with E-state index >= 15 is 0 Å². The molecule has 0 spiro atoms. The van der Waals surface area contributed by atoms with Gasteiger partial charge in [-0.05, 0) is 35.6 Å². The Hall–Kier alpha value is -2.52. The number of thioether (sulfide) groups is 1. The van der Waals surface area contributed by atoms with E-state index in [1.165, 1.54) is 4.90 Å². The highest BCUT2D eigenvalue weighted by Crippen LogP contribution is 2.32. The zero-order valence-electron chi connectivity index (χ0n) is 12.8. The van der Waals surface area contributed by atoms with Gasteiger partial charge in [-0.3, -0.25) is 4.79 Å². The molecule has 0 aliphatic rings. The number of benzene rings is 3. The van der Waals surface area contributed by atoms with Gasteiger partial charge in [0, 0.05) is 21.7 Å². The SMILES string of the molecule is CSc1ccccc1-c1ccc(N)c(C(=O)c2ccccc2)c1. The number of nitrogens with two attached hydrogens (primary N) is 1. The highest BCUT2D eigenvalue weighted by Gasteiger charge is 2.14. The third kappa shape index (κ3) is 3.15. The average Bonchev–Trinajstić information content (AvgIpc) is 2.62. The second-order valence-electron chi connectivity index (χ2n) is 5.20. The third-order valence-corrected chi connectivity index (χ3v) is 4.55. The standard InChI is InChI=1S/C20H17NOS/c1-23-19-10-6-5-9-16(19)15-11-12-18(21)17(13-15)20(22)14-7-3-2-4-8-14/h2-13H,21H2,1H3. The zero-order valence-corrected chi connectivity index (χ0v) is 13.6. The van der Waals surface area contributed by atoms with Gasteiger partial charge < -0.3 is 5.73 Å². The Morgan fingerprint density at radius 2 is 1.61 bits per heavy atom. The molecule has 2 nitrogen and oxygen atoms in total. The van der Waals surface area contributed by atoms with Crippen LogP contribution in [0.3, 0.4) is 0 Å². The minimum atomic E-state index is -0.0495. The van der Waals surface area contributed by atoms with E-state index in [2.05, 4.69) is 12.1 Å². The molecule has 2 N–H and O–H groups in total. The van der Waals surface area contributed by atoms with Crippen LogP contribution in [-0.2, 0) is 0 Å². The van der Waals surface area contributed by atoms with Crippen LogP contribution < -0.4 is 5.73 Å². The maximum atomic E-state index is 12.7. The fraction of sp³-hybridized carbons (Fsp3) is 0.0500. The average molecular weight is 319 g/mol. The van der Waals surface area contributed by atoms with Crippen molar-refractivity contribution in [3.05, 3.63) is 83.9 Å². The van der Waals surface area contributed by atoms with Crippen molar-refractivity contribution in [3.8, 4) is 11.1 Å². The van der Waals surface area contributed by atoms with Crippen molar-refractivity contribution < 1.29 is 4.79 Å². The lowest BCUT2D eigenvalue weighted by Gasteiger charge is -2.11. The minimum Gasteiger partial charge on any atom is -0.398 e. The van der Waals surface area contributed by atoms with E-state index in [0.717, 1.165) is 11.1 Å². The summed E-state index contributed by atoms with van der Waals surface area (Å²) >= 11 is 1.69. The van der Waals surface area contributed by atoms with Gasteiger partial charge in [0.25, 0.3) is 0 Å². The summed E-state index contributed by atoms with van der Waals surface area (Å²) in [6, 6.07) is 23.1. The molecule has 0 aromatic heterocycles. The van der Waals surface area contributed by atoms with Crippen molar-refractivity contribution in [2.24, 2.45) is 0 Å². The second kappa shape index (κ2) is 6.71. The number of carbonyl (C=O) groups is 1. The lowest BCUT2D eigenvalue weighted by atomic mass is 9.97. The highest BCUT2D eigenvalue weighted by molar-refractivity contribution is 7.98. The molecule has 3 rings (SSSR count). The summed E-state index contributed by atoms with van der Waals surface area (Å²) in [5.74, 6) is -0.0495. The topological polar surface area (TPSA) is 43.1 Å². The Bertz CT molecular complexity index is 843. The molecule has 114 valence electrons. The van der Waals surface area contributed by atoms with Crippen molar-refractivity contribution in [3.63, 3.8) is 0 Å². The quantitative estimate of drug-likeness (QED) is 0.423. The Labute approximate surface area is 140 Å². The number of hydrogen-bond acceptors (Lipinski definition) is 3. The van der Waals surface area contributed by atoms with E-state index in [1.807, 2.05) is 66.9 Å². The summed E-state index contributed by atoms with van der Waals surface area (Å²) in [5, 5.41) is 0. The van der Waals surface area contributed by atoms with E-state index in [4.69, 9.17) is 5.73 Å². The predicted octanol–water partition coefficient (Wildman–Crippen LogP) is 4.89. The Morgan fingerprint density at radius 3 is 2.35 bits per heavy atom. The second-order valence-corrected chi connectivity index (χ2v) is 6.05. The van der Waals surface area contributed by atoms with Gasteiger partial charge in [0.05, 0.1) is 0 Å². The molecule has 0 bridgehead atoms. The lowest BCUT2D eigenvalue weighted by molar-refractivity contribution is 0.103. The number of nitrogen functional groups attached to an aromatic ring is 1. The molecule has 0 radical (unpaired) electrons. The molecule has 0 aliphatic heterocycles. The molecule has 3 heteroatoms. The fourth-order valence-electron chi connectivity index (χ4n) is 2.55. The molecule has 3 aromatic rings. The highest BCUT2D eigenvalue weighted by atomic mass is 32.2. The minimum absolute atomic E-state index is 0.0495. The fourth-order valence-corrected chi connectivity index (χ4v) is 3.17. The Kier molecular flexibility index (Phi) is 4.49. The first-order chi connectivity index (χ1) is 11.2. The van der Waals surface area contributed by atoms with Crippen molar-refractivity contribution in [1.29, 1.82) is 0 Å². The van der Waals surface area contributed by atoms with E-state index in [0.29, 0.717) is 16.8 Å². The summed E-state index contributed by atoms with van der Waals surface area (Å²) in [7, 11) is 0. The van der Waals surface area contributed by atoms with Crippen LogP contribution in [0.4, 0.5) is 5.69 Å². The van der Waals surface area contributed by atoms with Crippen LogP contribution in [0.15, 0.2) is 77.7 Å². The summed E-state index contributed by atoms with van der Waals surface area (Å²) < 4.78 is 0. The van der Waals surface area contributed by atoms with E-state index in [-0.39, 0.29) is 5.78 Å². The third-order valence-electron chi connectivity index (χ3n) is 3.75. The zero-order chi connectivity index (χ0) is 16.2. The predicted molar refractivity (Wildman–Crippen MR) is 97.9 cm³/mol. The van der Waals surface area contributed by atoms with Gasteiger partial charge in [0.2, 0.25) is 0 Å². The summed E-state index contributed by atoms with van der Waals surface area (Å²) in [6.45, 7) is 0. The van der Waals surface area contributed by atoms with Crippen molar-refractivity contribution >= 4 is 23.2 Å². The van der Waals surface area contributed by atoms with Gasteiger partial charge in [0.15, 0.2) is 5.78 Å². The van der Waals surface area contributed by atoms with Crippen molar-refractivity contribution in [1.82, 2.24) is 0 Å². The number of anilines is 1. The maximum Gasteiger partial charge on any atom is 0.195 e. The number of hydrogen-bond donors (Lipinski definition) is 1. The van der Waals surface area contributed by atoms with Crippen LogP contribution in [0.25, 0.3) is 11.1 Å². The summed E-state index contributed by atoms with van der Waals surface area (Å²) in [5.41, 5.74) is 9.86. The monoisotopic (exact) mass is 319 g/mol. The van der Waals surface area contributed by atoms with Crippen LogP contribution in [0.2, 0.25) is 0 Å². The molecule has 3 aromatic carbocycles. The van der Waals surface area contributed by atoms with Crippen LogP contribution in [-0.4, -0.2) is 12.0 Å². The largest absolute Gasteiger partial charge is 0.398 e. The number of carbonyl (C=O) groups excluding carboxylic acids is 1. The first kappa shape index (κ1) is 15.4. The molecular weight excluding hydrogens is 302 g/mol. The van der Waals surface area contributed by atoms with Crippen molar-refractivity contribution in [2.75, 3.05) is 12.0 Å². The van der Waals surface area contributed by atoms with Crippen LogP contribution in [0, 0.1) is 0 Å². The molecule has 0 heterocycles. The molecule has 23 heavy (non-hydrogen) atoms. The molecule has 0 saturated heterocycles. The molecule has 0 atom stereocenters. The smallest absolute Gasteiger partial charge is 0.195 e. The van der Waals surface area contributed by atoms with Gasteiger partial charge in [0.1, 0.15) is 0 Å². The number of rotatable bonds is 4. The maximum absolute atomic E-state index is 12.7. The summed E-state index contributed by atoms with van der Waals surface area (Å²) in [4.78, 5) is 13.9. The van der Waals surface area contributed by atoms with Gasteiger partial charge in [-0.25, -0.2) is 0 Å². The van der Waals surface area contributed by atoms with E-state index < -0.39 is 0 Å². The van der Waals surface area contributed by atoms with Gasteiger partial charge >= 0.3 is 0 Å². The number of ketones is 1. The van der Waals surface area contributed by atoms with Gasteiger partial charge in [-0.1, -0.05) is 54.6 Å². The Balaban J connectivity index is 2.08. The van der Waals surface area contributed by atoms with E-state index in [1.54, 1.807) is 11.8 Å². The van der Waals surface area contributed by atoms with Gasteiger partial charge in [-0.15, -0.1) is 11.8 Å². The van der Waals surface area contributed by atoms with Crippen LogP contribution in [0.1, 0.15) is 15.9 Å². The first-order valence-corrected chi connectivity index (χ1v) is 8.56. The summed E-state index contributed by atoms with van der Waals surface area (Å²) in [6.07, 6.45) is 2.05. The van der Waals surface area contributed by atoms with Gasteiger partial charge in [-0.2, -0.15) is 0 Å². The van der Waals surface area contributed by atoms with E-state index in [9.17, 15) is 4.79 Å². The molecule has 0 aliphatic carbocycles. The molecular formula is C20H17NOS. The molecule has 0 amide bonds. The molecule has 0 saturated carbocycles. The molecule has 0 fully saturated rings. The van der Waals surface area contributed by atoms with Crippen LogP contribution >= 0.6 is 11.8 Å². The Morgan fingerprint density at radius 1 is 0.913 bits per heavy atom. The first-order valence-electron chi connectivity index (χ1n) is 7.33. The lowest BCUT2D eigenvalue weighted by Crippen LogP contribution is -2.05. The van der Waals surface area contributed by atoms with Crippen molar-refractivity contribution in [2.45, 2.75) is 4.90 Å². The van der Waals surface area contributed by atoms with Crippen LogP contribution in [0.5, 0.6) is 0 Å². The molecule has 0 unspecified atom stereocenters. The normalized spacial score (nSPS) is 10.5.